The highest BCUT2D eigenvalue weighted by atomic mass is 35.5. The zero-order valence-corrected chi connectivity index (χ0v) is 14.9. The molecule has 25 heavy (non-hydrogen) atoms. The van der Waals surface area contributed by atoms with Crippen LogP contribution in [0.15, 0.2) is 70.5 Å². The van der Waals surface area contributed by atoms with Crippen LogP contribution in [-0.4, -0.2) is 11.6 Å². The molecule has 0 fully saturated rings. The normalized spacial score (nSPS) is 12.7. The summed E-state index contributed by atoms with van der Waals surface area (Å²) >= 11 is 7.66. The first-order valence-electron chi connectivity index (χ1n) is 7.81. The Bertz CT molecular complexity index is 1020. The SMILES string of the molecule is Cc1ccc(Sc2cccc3c2C(=O)c2cccc(Cl)c2C3=O)cc1. The minimum atomic E-state index is -0.193. The zero-order chi connectivity index (χ0) is 17.6. The van der Waals surface area contributed by atoms with Crippen LogP contribution >= 0.6 is 23.4 Å². The average Bonchev–Trinajstić information content (AvgIpc) is 2.61. The number of carbonyl (C=O) groups is 2. The standard InChI is InChI=1S/C21H13ClO2S/c1-12-8-10-13(11-9-12)25-17-7-3-5-15-19(17)21(24)14-4-2-6-16(22)18(14)20(15)23/h2-11H,1H3. The van der Waals surface area contributed by atoms with Gasteiger partial charge >= 0.3 is 0 Å². The highest BCUT2D eigenvalue weighted by Crippen LogP contribution is 2.38. The summed E-state index contributed by atoms with van der Waals surface area (Å²) in [5.74, 6) is -0.344. The van der Waals surface area contributed by atoms with Gasteiger partial charge in [0.1, 0.15) is 0 Å². The molecule has 0 heterocycles. The number of hydrogen-bond donors (Lipinski definition) is 0. The molecule has 0 aliphatic heterocycles. The molecule has 0 saturated carbocycles. The summed E-state index contributed by atoms with van der Waals surface area (Å²) in [7, 11) is 0. The smallest absolute Gasteiger partial charge is 0.196 e. The van der Waals surface area contributed by atoms with Gasteiger partial charge in [-0.05, 0) is 31.2 Å². The number of hydrogen-bond acceptors (Lipinski definition) is 3. The highest BCUT2D eigenvalue weighted by Gasteiger charge is 2.33. The summed E-state index contributed by atoms with van der Waals surface area (Å²) in [5.41, 5.74) is 2.74. The van der Waals surface area contributed by atoms with E-state index in [2.05, 4.69) is 0 Å². The molecule has 3 aromatic carbocycles. The molecule has 0 N–H and O–H groups in total. The van der Waals surface area contributed by atoms with Crippen molar-refractivity contribution in [1.29, 1.82) is 0 Å². The number of rotatable bonds is 2. The molecule has 1 aliphatic carbocycles. The lowest BCUT2D eigenvalue weighted by atomic mass is 9.84. The molecular weight excluding hydrogens is 352 g/mol. The van der Waals surface area contributed by atoms with E-state index < -0.39 is 0 Å². The maximum Gasteiger partial charge on any atom is 0.196 e. The number of ketones is 2. The Morgan fingerprint density at radius 2 is 1.36 bits per heavy atom. The molecule has 4 heteroatoms. The maximum atomic E-state index is 13.0. The molecule has 0 spiro atoms. The molecule has 4 rings (SSSR count). The Hall–Kier alpha value is -2.36. The van der Waals surface area contributed by atoms with Crippen molar-refractivity contribution in [2.45, 2.75) is 16.7 Å². The second-order valence-electron chi connectivity index (χ2n) is 5.91. The topological polar surface area (TPSA) is 34.1 Å². The molecule has 0 saturated heterocycles. The van der Waals surface area contributed by atoms with Crippen LogP contribution in [0.2, 0.25) is 5.02 Å². The van der Waals surface area contributed by atoms with E-state index in [1.807, 2.05) is 43.3 Å². The van der Waals surface area contributed by atoms with E-state index in [1.54, 1.807) is 24.3 Å². The van der Waals surface area contributed by atoms with Gasteiger partial charge in [0.2, 0.25) is 0 Å². The first kappa shape index (κ1) is 16.1. The van der Waals surface area contributed by atoms with Crippen molar-refractivity contribution < 1.29 is 9.59 Å². The van der Waals surface area contributed by atoms with Crippen LogP contribution in [0.1, 0.15) is 37.4 Å². The van der Waals surface area contributed by atoms with Gasteiger partial charge in [0.05, 0.1) is 10.6 Å². The third-order valence-corrected chi connectivity index (χ3v) is 5.61. The number of halogens is 1. The van der Waals surface area contributed by atoms with Crippen molar-refractivity contribution in [2.24, 2.45) is 0 Å². The second kappa shape index (κ2) is 6.17. The van der Waals surface area contributed by atoms with E-state index in [0.29, 0.717) is 27.3 Å². The van der Waals surface area contributed by atoms with Gasteiger partial charge in [-0.1, -0.05) is 65.3 Å². The van der Waals surface area contributed by atoms with Gasteiger partial charge in [0.25, 0.3) is 0 Å². The van der Waals surface area contributed by atoms with Crippen LogP contribution in [0.4, 0.5) is 0 Å². The van der Waals surface area contributed by atoms with Gasteiger partial charge in [-0.25, -0.2) is 0 Å². The molecule has 122 valence electrons. The van der Waals surface area contributed by atoms with Crippen LogP contribution in [0.3, 0.4) is 0 Å². The van der Waals surface area contributed by atoms with Crippen molar-refractivity contribution in [3.05, 3.63) is 93.5 Å². The molecule has 0 radical (unpaired) electrons. The van der Waals surface area contributed by atoms with Gasteiger partial charge in [-0.3, -0.25) is 9.59 Å². The van der Waals surface area contributed by atoms with Gasteiger partial charge in [-0.2, -0.15) is 0 Å². The molecule has 0 bridgehead atoms. The van der Waals surface area contributed by atoms with E-state index in [1.165, 1.54) is 17.3 Å². The van der Waals surface area contributed by atoms with E-state index in [-0.39, 0.29) is 11.6 Å². The number of aryl methyl sites for hydroxylation is 1. The van der Waals surface area contributed by atoms with E-state index in [0.717, 1.165) is 9.79 Å². The fourth-order valence-electron chi connectivity index (χ4n) is 2.99. The monoisotopic (exact) mass is 364 g/mol. The predicted molar refractivity (Wildman–Crippen MR) is 100 cm³/mol. The summed E-state index contributed by atoms with van der Waals surface area (Å²) in [6, 6.07) is 18.5. The van der Waals surface area contributed by atoms with E-state index in [4.69, 9.17) is 11.6 Å². The minimum absolute atomic E-state index is 0.151. The summed E-state index contributed by atoms with van der Waals surface area (Å²) in [6.07, 6.45) is 0. The fraction of sp³-hybridized carbons (Fsp3) is 0.0476. The third kappa shape index (κ3) is 2.70. The van der Waals surface area contributed by atoms with Gasteiger partial charge < -0.3 is 0 Å². The summed E-state index contributed by atoms with van der Waals surface area (Å²) in [6.45, 7) is 2.03. The largest absolute Gasteiger partial charge is 0.289 e. The van der Waals surface area contributed by atoms with E-state index >= 15 is 0 Å². The van der Waals surface area contributed by atoms with Gasteiger partial charge in [0, 0.05) is 26.5 Å². The van der Waals surface area contributed by atoms with Crippen molar-refractivity contribution in [3.63, 3.8) is 0 Å². The molecule has 0 aromatic heterocycles. The number of fused-ring (bicyclic) bond motifs is 2. The first-order chi connectivity index (χ1) is 12.1. The lowest BCUT2D eigenvalue weighted by molar-refractivity contribution is 0.0977. The van der Waals surface area contributed by atoms with Crippen LogP contribution in [-0.2, 0) is 0 Å². The van der Waals surface area contributed by atoms with Crippen LogP contribution in [0, 0.1) is 6.92 Å². The fourth-order valence-corrected chi connectivity index (χ4v) is 4.22. The quantitative estimate of drug-likeness (QED) is 0.466. The molecule has 0 atom stereocenters. The molecular formula is C21H13ClO2S. The van der Waals surface area contributed by atoms with Crippen LogP contribution in [0.25, 0.3) is 0 Å². The number of benzene rings is 3. The van der Waals surface area contributed by atoms with Gasteiger partial charge in [0.15, 0.2) is 11.6 Å². The Morgan fingerprint density at radius 1 is 0.760 bits per heavy atom. The lowest BCUT2D eigenvalue weighted by Crippen LogP contribution is -2.22. The third-order valence-electron chi connectivity index (χ3n) is 4.23. The average molecular weight is 365 g/mol. The van der Waals surface area contributed by atoms with Crippen molar-refractivity contribution in [1.82, 2.24) is 0 Å². The van der Waals surface area contributed by atoms with Crippen molar-refractivity contribution >= 4 is 34.9 Å². The first-order valence-corrected chi connectivity index (χ1v) is 9.01. The van der Waals surface area contributed by atoms with Crippen molar-refractivity contribution in [3.8, 4) is 0 Å². The molecule has 3 aromatic rings. The summed E-state index contributed by atoms with van der Waals surface area (Å²) in [4.78, 5) is 27.7. The summed E-state index contributed by atoms with van der Waals surface area (Å²) in [5, 5.41) is 0.318. The molecule has 0 unspecified atom stereocenters. The number of carbonyl (C=O) groups excluding carboxylic acids is 2. The minimum Gasteiger partial charge on any atom is -0.289 e. The molecule has 0 amide bonds. The Kier molecular flexibility index (Phi) is 3.98. The van der Waals surface area contributed by atoms with Gasteiger partial charge in [-0.15, -0.1) is 0 Å². The Balaban J connectivity index is 1.85. The van der Waals surface area contributed by atoms with Crippen LogP contribution < -0.4 is 0 Å². The summed E-state index contributed by atoms with van der Waals surface area (Å²) < 4.78 is 0. The van der Waals surface area contributed by atoms with E-state index in [9.17, 15) is 9.59 Å². The molecule has 1 aliphatic rings. The maximum absolute atomic E-state index is 13.0. The van der Waals surface area contributed by atoms with Crippen LogP contribution in [0.5, 0.6) is 0 Å². The zero-order valence-electron chi connectivity index (χ0n) is 13.4. The van der Waals surface area contributed by atoms with Crippen molar-refractivity contribution in [2.75, 3.05) is 0 Å². The Labute approximate surface area is 154 Å². The predicted octanol–water partition coefficient (Wildman–Crippen LogP) is 5.58. The second-order valence-corrected chi connectivity index (χ2v) is 7.44. The lowest BCUT2D eigenvalue weighted by Gasteiger charge is -2.20. The molecule has 2 nitrogen and oxygen atoms in total. The highest BCUT2D eigenvalue weighted by molar-refractivity contribution is 7.99. The Morgan fingerprint density at radius 3 is 2.08 bits per heavy atom.